The highest BCUT2D eigenvalue weighted by Gasteiger charge is 2.35. The van der Waals surface area contributed by atoms with Crippen molar-refractivity contribution in [2.75, 3.05) is 45.6 Å². The number of hydrogen-bond acceptors (Lipinski definition) is 3. The highest BCUT2D eigenvalue weighted by atomic mass is 32.2. The Morgan fingerprint density at radius 1 is 1.30 bits per heavy atom. The van der Waals surface area contributed by atoms with Gasteiger partial charge in [0.05, 0.1) is 0 Å². The van der Waals surface area contributed by atoms with E-state index in [-0.39, 0.29) is 0 Å². The van der Waals surface area contributed by atoms with Crippen LogP contribution in [-0.2, 0) is 4.74 Å². The zero-order valence-electron chi connectivity index (χ0n) is 15.5. The van der Waals surface area contributed by atoms with Crippen molar-refractivity contribution in [1.82, 2.24) is 10.2 Å². The average Bonchev–Trinajstić information content (AvgIpc) is 2.96. The molecule has 0 spiro atoms. The monoisotopic (exact) mass is 341 g/mol. The van der Waals surface area contributed by atoms with Gasteiger partial charge in [-0.2, -0.15) is 11.8 Å². The molecule has 0 atom stereocenters. The molecule has 0 unspecified atom stereocenters. The first-order chi connectivity index (χ1) is 11.0. The van der Waals surface area contributed by atoms with Crippen LogP contribution in [0.5, 0.6) is 0 Å². The Kier molecular flexibility index (Phi) is 7.08. The molecule has 1 saturated carbocycles. The predicted octanol–water partition coefficient (Wildman–Crippen LogP) is 3.38. The second-order valence-corrected chi connectivity index (χ2v) is 9.39. The van der Waals surface area contributed by atoms with Gasteiger partial charge in [-0.25, -0.2) is 0 Å². The standard InChI is InChI=1S/C18H35N3OS/c1-5-22-12-10-18(8-6-7-9-18)14-20-16(19-4)21-11-13-23-17(2,3)15-21/h5-15H2,1-4H3,(H,19,20). The summed E-state index contributed by atoms with van der Waals surface area (Å²) in [6.07, 6.45) is 6.54. The quantitative estimate of drug-likeness (QED) is 0.456. The summed E-state index contributed by atoms with van der Waals surface area (Å²) in [6, 6.07) is 0. The molecule has 4 nitrogen and oxygen atoms in total. The number of rotatable bonds is 6. The van der Waals surface area contributed by atoms with E-state index in [0.29, 0.717) is 10.2 Å². The van der Waals surface area contributed by atoms with E-state index >= 15 is 0 Å². The topological polar surface area (TPSA) is 36.9 Å². The third-order valence-electron chi connectivity index (χ3n) is 5.20. The second kappa shape index (κ2) is 8.61. The van der Waals surface area contributed by atoms with Gasteiger partial charge in [-0.1, -0.05) is 12.8 Å². The summed E-state index contributed by atoms with van der Waals surface area (Å²) in [5.41, 5.74) is 0.408. The molecule has 0 bridgehead atoms. The van der Waals surface area contributed by atoms with Crippen LogP contribution in [0.1, 0.15) is 52.9 Å². The van der Waals surface area contributed by atoms with Gasteiger partial charge in [-0.3, -0.25) is 4.99 Å². The van der Waals surface area contributed by atoms with Crippen LogP contribution in [0, 0.1) is 5.41 Å². The van der Waals surface area contributed by atoms with Crippen molar-refractivity contribution in [3.8, 4) is 0 Å². The van der Waals surface area contributed by atoms with Gasteiger partial charge in [-0.05, 0) is 45.4 Å². The van der Waals surface area contributed by atoms with E-state index in [2.05, 4.69) is 47.7 Å². The first kappa shape index (κ1) is 18.9. The van der Waals surface area contributed by atoms with Crippen LogP contribution in [0.15, 0.2) is 4.99 Å². The summed E-state index contributed by atoms with van der Waals surface area (Å²) in [6.45, 7) is 11.7. The van der Waals surface area contributed by atoms with Gasteiger partial charge in [0, 0.05) is 50.4 Å². The van der Waals surface area contributed by atoms with Crippen LogP contribution in [-0.4, -0.2) is 61.3 Å². The van der Waals surface area contributed by atoms with Gasteiger partial charge in [0.25, 0.3) is 0 Å². The number of nitrogens with zero attached hydrogens (tertiary/aromatic N) is 2. The Morgan fingerprint density at radius 2 is 2.04 bits per heavy atom. The van der Waals surface area contributed by atoms with Gasteiger partial charge in [0.1, 0.15) is 0 Å². The molecule has 1 aliphatic carbocycles. The lowest BCUT2D eigenvalue weighted by Gasteiger charge is -2.40. The van der Waals surface area contributed by atoms with E-state index < -0.39 is 0 Å². The third-order valence-corrected chi connectivity index (χ3v) is 6.50. The molecule has 1 heterocycles. The number of hydrogen-bond donors (Lipinski definition) is 1. The summed E-state index contributed by atoms with van der Waals surface area (Å²) in [5.74, 6) is 2.27. The minimum atomic E-state index is 0.315. The predicted molar refractivity (Wildman–Crippen MR) is 101 cm³/mol. The molecule has 1 aliphatic heterocycles. The highest BCUT2D eigenvalue weighted by Crippen LogP contribution is 2.40. The molecule has 0 aromatic rings. The summed E-state index contributed by atoms with van der Waals surface area (Å²) in [5, 5.41) is 3.70. The molecule has 0 aromatic heterocycles. The Morgan fingerprint density at radius 3 is 2.65 bits per heavy atom. The van der Waals surface area contributed by atoms with E-state index in [9.17, 15) is 0 Å². The van der Waals surface area contributed by atoms with E-state index in [4.69, 9.17) is 4.74 Å². The van der Waals surface area contributed by atoms with Crippen molar-refractivity contribution in [3.63, 3.8) is 0 Å². The fourth-order valence-corrected chi connectivity index (χ4v) is 4.98. The van der Waals surface area contributed by atoms with Gasteiger partial charge >= 0.3 is 0 Å². The number of aliphatic imine (C=N–C) groups is 1. The van der Waals surface area contributed by atoms with Crippen LogP contribution < -0.4 is 5.32 Å². The lowest BCUT2D eigenvalue weighted by atomic mass is 9.83. The van der Waals surface area contributed by atoms with Crippen LogP contribution in [0.2, 0.25) is 0 Å². The van der Waals surface area contributed by atoms with Crippen LogP contribution >= 0.6 is 11.8 Å². The molecule has 134 valence electrons. The molecule has 5 heteroatoms. The Hall–Kier alpha value is -0.420. The fourth-order valence-electron chi connectivity index (χ4n) is 3.87. The van der Waals surface area contributed by atoms with Crippen molar-refractivity contribution in [1.29, 1.82) is 0 Å². The average molecular weight is 342 g/mol. The molecule has 23 heavy (non-hydrogen) atoms. The van der Waals surface area contributed by atoms with Crippen molar-refractivity contribution < 1.29 is 4.74 Å². The van der Waals surface area contributed by atoms with Crippen molar-refractivity contribution in [3.05, 3.63) is 0 Å². The Labute approximate surface area is 146 Å². The first-order valence-corrected chi connectivity index (χ1v) is 10.2. The maximum Gasteiger partial charge on any atom is 0.193 e. The van der Waals surface area contributed by atoms with Gasteiger partial charge in [0.15, 0.2) is 5.96 Å². The summed E-state index contributed by atoms with van der Waals surface area (Å²) < 4.78 is 5.94. The van der Waals surface area contributed by atoms with E-state index in [1.54, 1.807) is 0 Å². The zero-order valence-corrected chi connectivity index (χ0v) is 16.3. The van der Waals surface area contributed by atoms with E-state index in [0.717, 1.165) is 38.8 Å². The SMILES string of the molecule is CCOCCC1(CNC(=NC)N2CCSC(C)(C)C2)CCCC1. The molecular weight excluding hydrogens is 306 g/mol. The zero-order chi connectivity index (χ0) is 16.8. The summed E-state index contributed by atoms with van der Waals surface area (Å²) in [4.78, 5) is 6.99. The summed E-state index contributed by atoms with van der Waals surface area (Å²) >= 11 is 2.07. The maximum atomic E-state index is 5.63. The normalized spacial score (nSPS) is 24.0. The lowest BCUT2D eigenvalue weighted by molar-refractivity contribution is 0.104. The smallest absolute Gasteiger partial charge is 0.193 e. The molecule has 0 radical (unpaired) electrons. The van der Waals surface area contributed by atoms with E-state index in [1.807, 2.05) is 7.05 Å². The number of guanidine groups is 1. The Bertz CT molecular complexity index is 392. The largest absolute Gasteiger partial charge is 0.382 e. The number of ether oxygens (including phenoxy) is 1. The molecule has 2 fully saturated rings. The molecule has 0 amide bonds. The summed E-state index contributed by atoms with van der Waals surface area (Å²) in [7, 11) is 1.92. The molecule has 1 N–H and O–H groups in total. The van der Waals surface area contributed by atoms with Crippen LogP contribution in [0.4, 0.5) is 0 Å². The van der Waals surface area contributed by atoms with Gasteiger partial charge in [-0.15, -0.1) is 0 Å². The van der Waals surface area contributed by atoms with Gasteiger partial charge in [0.2, 0.25) is 0 Å². The van der Waals surface area contributed by atoms with Crippen LogP contribution in [0.25, 0.3) is 0 Å². The minimum Gasteiger partial charge on any atom is -0.382 e. The first-order valence-electron chi connectivity index (χ1n) is 9.18. The van der Waals surface area contributed by atoms with Crippen molar-refractivity contribution >= 4 is 17.7 Å². The highest BCUT2D eigenvalue weighted by molar-refractivity contribution is 8.00. The number of thioether (sulfide) groups is 1. The van der Waals surface area contributed by atoms with Crippen molar-refractivity contribution in [2.24, 2.45) is 10.4 Å². The van der Waals surface area contributed by atoms with Crippen molar-refractivity contribution in [2.45, 2.75) is 57.6 Å². The molecule has 1 saturated heterocycles. The molecule has 2 rings (SSSR count). The molecular formula is C18H35N3OS. The molecule has 2 aliphatic rings. The third kappa shape index (κ3) is 5.56. The maximum absolute atomic E-state index is 5.63. The van der Waals surface area contributed by atoms with E-state index in [1.165, 1.54) is 37.9 Å². The fraction of sp³-hybridized carbons (Fsp3) is 0.944. The molecule has 0 aromatic carbocycles. The number of nitrogens with one attached hydrogen (secondary N) is 1. The Balaban J connectivity index is 1.90. The minimum absolute atomic E-state index is 0.315. The van der Waals surface area contributed by atoms with Crippen LogP contribution in [0.3, 0.4) is 0 Å². The lowest BCUT2D eigenvalue weighted by Crippen LogP contribution is -2.52. The second-order valence-electron chi connectivity index (χ2n) is 7.58. The van der Waals surface area contributed by atoms with Gasteiger partial charge < -0.3 is 15.0 Å².